The zero-order valence-electron chi connectivity index (χ0n) is 15.7. The van der Waals surface area contributed by atoms with E-state index in [-0.39, 0.29) is 29.5 Å². The second kappa shape index (κ2) is 5.50. The molecule has 7 rings (SSSR count). The molecule has 29 heavy (non-hydrogen) atoms. The van der Waals surface area contributed by atoms with Crippen molar-refractivity contribution in [2.45, 2.75) is 17.9 Å². The number of carbonyl (C=O) groups is 2. The molecule has 2 amide bonds. The van der Waals surface area contributed by atoms with Gasteiger partial charge in [0.2, 0.25) is 5.82 Å². The Morgan fingerprint density at radius 3 is 2.76 bits per heavy atom. The van der Waals surface area contributed by atoms with Gasteiger partial charge in [-0.1, -0.05) is 36.4 Å². The number of carbonyl (C=O) groups excluding carboxylic acids is 2. The maximum Gasteiger partial charge on any atom is 0.289 e. The van der Waals surface area contributed by atoms with Gasteiger partial charge in [0, 0.05) is 31.5 Å². The minimum atomic E-state index is -0.844. The Labute approximate surface area is 166 Å². The van der Waals surface area contributed by atoms with Crippen molar-refractivity contribution in [2.75, 3.05) is 11.9 Å². The van der Waals surface area contributed by atoms with Crippen LogP contribution in [0.5, 0.6) is 0 Å². The average molecular weight is 386 g/mol. The molecule has 8 heteroatoms. The predicted molar refractivity (Wildman–Crippen MR) is 103 cm³/mol. The van der Waals surface area contributed by atoms with Gasteiger partial charge in [0.05, 0.1) is 0 Å². The quantitative estimate of drug-likeness (QED) is 0.703. The smallest absolute Gasteiger partial charge is 0.289 e. The number of aromatic nitrogens is 4. The molecule has 0 radical (unpaired) electrons. The average Bonchev–Trinajstić information content (AvgIpc) is 3.60. The van der Waals surface area contributed by atoms with E-state index in [4.69, 9.17) is 0 Å². The summed E-state index contributed by atoms with van der Waals surface area (Å²) >= 11 is 0. The Kier molecular flexibility index (Phi) is 3.11. The van der Waals surface area contributed by atoms with Gasteiger partial charge >= 0.3 is 0 Å². The molecule has 2 bridgehead atoms. The molecule has 4 aliphatic rings. The molecule has 2 aromatic heterocycles. The summed E-state index contributed by atoms with van der Waals surface area (Å²) in [5.41, 5.74) is 1.32. The third kappa shape index (κ3) is 2.16. The third-order valence-electron chi connectivity index (χ3n) is 6.40. The number of fused-ring (bicyclic) bond motifs is 1. The van der Waals surface area contributed by atoms with E-state index in [1.54, 1.807) is 18.1 Å². The van der Waals surface area contributed by atoms with Gasteiger partial charge in [-0.3, -0.25) is 14.5 Å². The number of amides is 2. The summed E-state index contributed by atoms with van der Waals surface area (Å²) in [6.45, 7) is 0. The number of aromatic amines is 1. The fraction of sp³-hybridized carbons (Fsp3) is 0.286. The highest BCUT2D eigenvalue weighted by Gasteiger charge is 2.90. The first-order chi connectivity index (χ1) is 14.1. The van der Waals surface area contributed by atoms with E-state index in [2.05, 4.69) is 25.5 Å². The van der Waals surface area contributed by atoms with Crippen LogP contribution in [0.3, 0.4) is 0 Å². The topological polar surface area (TPSA) is 104 Å². The van der Waals surface area contributed by atoms with Gasteiger partial charge in [-0.2, -0.15) is 0 Å². The molecule has 3 aromatic rings. The van der Waals surface area contributed by atoms with Crippen molar-refractivity contribution in [3.05, 3.63) is 71.4 Å². The number of nitrogens with zero attached hydrogens (tertiary/aromatic N) is 4. The van der Waals surface area contributed by atoms with Gasteiger partial charge < -0.3 is 10.3 Å². The van der Waals surface area contributed by atoms with E-state index >= 15 is 0 Å². The first-order valence-electron chi connectivity index (χ1n) is 9.62. The van der Waals surface area contributed by atoms with Crippen LogP contribution in [-0.4, -0.2) is 44.6 Å². The van der Waals surface area contributed by atoms with Crippen molar-refractivity contribution in [1.29, 1.82) is 0 Å². The number of anilines is 1. The standard InChI is InChI=1S/C21H18N6O2/c1-27-18-12(8-5-9-22-18)14-15-16(14)21(15,20(27)29)24-19(28)17-23-13(25-26-17)10-11-6-3-2-4-7-11/h2-9,14-16H,10H2,1H3,(H,24,28)(H,23,25,26)/t14-,15+,16?,21+/m0/s1. The minimum Gasteiger partial charge on any atom is -0.334 e. The largest absolute Gasteiger partial charge is 0.334 e. The van der Waals surface area contributed by atoms with Crippen LogP contribution in [0.2, 0.25) is 0 Å². The maximum atomic E-state index is 13.1. The number of hydrogen-bond acceptors (Lipinski definition) is 5. The van der Waals surface area contributed by atoms with Gasteiger partial charge in [-0.15, -0.1) is 10.2 Å². The first kappa shape index (κ1) is 16.4. The molecule has 2 aliphatic heterocycles. The second-order valence-electron chi connectivity index (χ2n) is 7.96. The summed E-state index contributed by atoms with van der Waals surface area (Å²) in [5.74, 6) is 1.48. The van der Waals surface area contributed by atoms with Crippen LogP contribution in [0.1, 0.15) is 33.5 Å². The number of likely N-dealkylation sites (N-methyl/N-ethyl adjacent to an activating group) is 1. The SMILES string of the molecule is CN1C(=O)[C@]2(NC(=O)c3nnc(Cc4ccccc4)[nH]3)C3[C@@H](c4cccnc41)[C@H]32. The molecule has 2 N–H and O–H groups in total. The molecule has 8 nitrogen and oxygen atoms in total. The van der Waals surface area contributed by atoms with Crippen LogP contribution >= 0.6 is 0 Å². The highest BCUT2D eigenvalue weighted by Crippen LogP contribution is 2.82. The van der Waals surface area contributed by atoms with Crippen molar-refractivity contribution in [3.8, 4) is 0 Å². The second-order valence-corrected chi connectivity index (χ2v) is 7.96. The normalized spacial score (nSPS) is 28.2. The zero-order valence-corrected chi connectivity index (χ0v) is 15.7. The lowest BCUT2D eigenvalue weighted by Gasteiger charge is -2.25. The maximum absolute atomic E-state index is 13.1. The molecule has 4 atom stereocenters. The predicted octanol–water partition coefficient (Wildman–Crippen LogP) is 1.28. The van der Waals surface area contributed by atoms with Crippen molar-refractivity contribution in [3.63, 3.8) is 0 Å². The Bertz CT molecular complexity index is 1150. The fourth-order valence-corrected chi connectivity index (χ4v) is 4.93. The van der Waals surface area contributed by atoms with Crippen molar-refractivity contribution < 1.29 is 9.59 Å². The Morgan fingerprint density at radius 1 is 1.17 bits per heavy atom. The van der Waals surface area contributed by atoms with Crippen LogP contribution in [0.15, 0.2) is 48.7 Å². The molecule has 1 aromatic carbocycles. The number of benzene rings is 1. The van der Waals surface area contributed by atoms with E-state index < -0.39 is 11.4 Å². The van der Waals surface area contributed by atoms with Crippen LogP contribution in [0.25, 0.3) is 0 Å². The lowest BCUT2D eigenvalue weighted by Crippen LogP contribution is -2.54. The number of H-pyrrole nitrogens is 1. The molecule has 2 aliphatic carbocycles. The molecule has 0 spiro atoms. The summed E-state index contributed by atoms with van der Waals surface area (Å²) in [4.78, 5) is 34.9. The Hall–Kier alpha value is -3.55. The number of pyridine rings is 1. The van der Waals surface area contributed by atoms with E-state index in [1.165, 1.54) is 0 Å². The van der Waals surface area contributed by atoms with Crippen LogP contribution in [0, 0.1) is 11.8 Å². The fourth-order valence-electron chi connectivity index (χ4n) is 4.93. The van der Waals surface area contributed by atoms with Crippen LogP contribution in [-0.2, 0) is 11.2 Å². The van der Waals surface area contributed by atoms with Crippen LogP contribution in [0.4, 0.5) is 5.82 Å². The molecule has 1 unspecified atom stereocenters. The lowest BCUT2D eigenvalue weighted by atomic mass is 9.93. The summed E-state index contributed by atoms with van der Waals surface area (Å²) in [5, 5.41) is 11.0. The summed E-state index contributed by atoms with van der Waals surface area (Å²) in [7, 11) is 1.72. The molecule has 144 valence electrons. The van der Waals surface area contributed by atoms with E-state index in [9.17, 15) is 9.59 Å². The Morgan fingerprint density at radius 2 is 1.97 bits per heavy atom. The number of rotatable bonds is 4. The third-order valence-corrected chi connectivity index (χ3v) is 6.40. The van der Waals surface area contributed by atoms with E-state index in [0.29, 0.717) is 18.1 Å². The van der Waals surface area contributed by atoms with Gasteiger partial charge in [0.25, 0.3) is 11.8 Å². The highest BCUT2D eigenvalue weighted by molar-refractivity contribution is 6.10. The highest BCUT2D eigenvalue weighted by atomic mass is 16.2. The lowest BCUT2D eigenvalue weighted by molar-refractivity contribution is -0.122. The minimum absolute atomic E-state index is 0.112. The van der Waals surface area contributed by atoms with Gasteiger partial charge in [-0.25, -0.2) is 4.98 Å². The molecule has 2 saturated carbocycles. The molecular formula is C21H18N6O2. The van der Waals surface area contributed by atoms with Crippen molar-refractivity contribution in [1.82, 2.24) is 25.5 Å². The summed E-state index contributed by atoms with van der Waals surface area (Å²) in [6.07, 6.45) is 2.25. The van der Waals surface area contributed by atoms with E-state index in [1.807, 2.05) is 42.5 Å². The van der Waals surface area contributed by atoms with Gasteiger partial charge in [0.15, 0.2) is 0 Å². The monoisotopic (exact) mass is 386 g/mol. The summed E-state index contributed by atoms with van der Waals surface area (Å²) < 4.78 is 0. The number of nitrogens with one attached hydrogen (secondary N) is 2. The van der Waals surface area contributed by atoms with E-state index in [0.717, 1.165) is 11.1 Å². The first-order valence-corrected chi connectivity index (χ1v) is 9.62. The molecular weight excluding hydrogens is 368 g/mol. The van der Waals surface area contributed by atoms with Gasteiger partial charge in [-0.05, 0) is 23.1 Å². The molecule has 4 heterocycles. The van der Waals surface area contributed by atoms with Crippen molar-refractivity contribution >= 4 is 17.6 Å². The molecule has 2 fully saturated rings. The zero-order chi connectivity index (χ0) is 19.8. The number of hydrogen-bond donors (Lipinski definition) is 2. The van der Waals surface area contributed by atoms with Gasteiger partial charge in [0.1, 0.15) is 17.2 Å². The van der Waals surface area contributed by atoms with Crippen molar-refractivity contribution in [2.24, 2.45) is 11.8 Å². The molecule has 0 saturated heterocycles. The Balaban J connectivity index is 1.22. The van der Waals surface area contributed by atoms with Crippen LogP contribution < -0.4 is 10.2 Å². The summed E-state index contributed by atoms with van der Waals surface area (Å²) in [6, 6.07) is 13.8.